The van der Waals surface area contributed by atoms with Gasteiger partial charge in [-0.25, -0.2) is 9.38 Å². The van der Waals surface area contributed by atoms with Crippen molar-refractivity contribution in [3.63, 3.8) is 0 Å². The van der Waals surface area contributed by atoms with Gasteiger partial charge in [-0.1, -0.05) is 72.0 Å². The van der Waals surface area contributed by atoms with E-state index in [1.54, 1.807) is 48.9 Å². The molecule has 2 heterocycles. The molecule has 0 bridgehead atoms. The fourth-order valence-corrected chi connectivity index (χ4v) is 6.11. The Kier molecular flexibility index (Phi) is 8.21. The molecule has 0 unspecified atom stereocenters. The first-order valence-corrected chi connectivity index (χ1v) is 14.7. The molecule has 220 valence electrons. The Morgan fingerprint density at radius 2 is 1.75 bits per heavy atom. The predicted molar refractivity (Wildman–Crippen MR) is 169 cm³/mol. The first-order chi connectivity index (χ1) is 21.4. The van der Waals surface area contributed by atoms with Crippen LogP contribution < -0.4 is 29.7 Å². The highest BCUT2D eigenvalue weighted by Crippen LogP contribution is 2.32. The van der Waals surface area contributed by atoms with Crippen molar-refractivity contribution in [2.24, 2.45) is 4.99 Å². The molecular formula is C35H28FN3O4S. The Hall–Kier alpha value is -5.28. The van der Waals surface area contributed by atoms with Gasteiger partial charge in [-0.2, -0.15) is 0 Å². The molecule has 44 heavy (non-hydrogen) atoms. The zero-order valence-corrected chi connectivity index (χ0v) is 24.8. The van der Waals surface area contributed by atoms with E-state index in [0.717, 1.165) is 5.56 Å². The van der Waals surface area contributed by atoms with E-state index in [1.165, 1.54) is 23.5 Å². The number of rotatable bonds is 8. The van der Waals surface area contributed by atoms with Crippen LogP contribution in [0.15, 0.2) is 124 Å². The zero-order chi connectivity index (χ0) is 30.6. The van der Waals surface area contributed by atoms with E-state index >= 15 is 0 Å². The van der Waals surface area contributed by atoms with Crippen LogP contribution >= 0.6 is 11.3 Å². The summed E-state index contributed by atoms with van der Waals surface area (Å²) < 4.78 is 26.9. The molecule has 0 radical (unpaired) electrons. The normalized spacial score (nSPS) is 14.5. The lowest BCUT2D eigenvalue weighted by atomic mass is 9.95. The first-order valence-electron chi connectivity index (χ1n) is 13.9. The lowest BCUT2D eigenvalue weighted by Gasteiger charge is -2.25. The van der Waals surface area contributed by atoms with Crippen molar-refractivity contribution in [2.75, 3.05) is 12.4 Å². The maximum atomic E-state index is 14.1. The van der Waals surface area contributed by atoms with Gasteiger partial charge in [0.1, 0.15) is 23.9 Å². The number of halogens is 1. The number of hydrogen-bond acceptors (Lipinski definition) is 6. The number of para-hydroxylation sites is 2. The number of amides is 1. The summed E-state index contributed by atoms with van der Waals surface area (Å²) in [6.45, 7) is 2.02. The van der Waals surface area contributed by atoms with Gasteiger partial charge in [-0.05, 0) is 66.6 Å². The number of thiazole rings is 1. The van der Waals surface area contributed by atoms with Crippen LogP contribution in [0.25, 0.3) is 6.08 Å². The standard InChI is InChI=1S/C35H28FN3O4S/c1-22-31(33(40)38-27-11-4-3-5-12-27)32(25-10-8-13-28(19-25)42-2)39-34(41)30(44-35(39)37-22)20-24-9-6-7-14-29(24)43-21-23-15-17-26(36)18-16-23/h3-20,32H,21H2,1-2H3,(H,38,40)/b30-20-/t32-/m0/s1. The number of nitrogens with one attached hydrogen (secondary N) is 1. The molecule has 0 saturated heterocycles. The van der Waals surface area contributed by atoms with Crippen LogP contribution in [0.5, 0.6) is 11.5 Å². The third-order valence-electron chi connectivity index (χ3n) is 7.22. The second kappa shape index (κ2) is 12.5. The monoisotopic (exact) mass is 605 g/mol. The molecule has 4 aromatic carbocycles. The molecule has 0 fully saturated rings. The smallest absolute Gasteiger partial charge is 0.271 e. The van der Waals surface area contributed by atoms with Gasteiger partial charge in [-0.3, -0.25) is 14.2 Å². The molecule has 0 saturated carbocycles. The van der Waals surface area contributed by atoms with Crippen LogP contribution in [0.3, 0.4) is 0 Å². The van der Waals surface area contributed by atoms with Crippen molar-refractivity contribution in [1.82, 2.24) is 4.57 Å². The molecule has 6 rings (SSSR count). The van der Waals surface area contributed by atoms with Crippen LogP contribution in [-0.2, 0) is 11.4 Å². The van der Waals surface area contributed by atoms with Gasteiger partial charge >= 0.3 is 0 Å². The SMILES string of the molecule is COc1cccc([C@H]2C(C(=O)Nc3ccccc3)=C(C)N=c3s/c(=C\c4ccccc4OCc4ccc(F)cc4)c(=O)n32)c1. The molecule has 5 aromatic rings. The van der Waals surface area contributed by atoms with E-state index in [9.17, 15) is 14.0 Å². The fraction of sp³-hybridized carbons (Fsp3) is 0.114. The quantitative estimate of drug-likeness (QED) is 0.250. The maximum absolute atomic E-state index is 14.1. The Morgan fingerprint density at radius 3 is 2.52 bits per heavy atom. The predicted octanol–water partition coefficient (Wildman–Crippen LogP) is 5.60. The minimum Gasteiger partial charge on any atom is -0.497 e. The third-order valence-corrected chi connectivity index (χ3v) is 8.20. The highest BCUT2D eigenvalue weighted by molar-refractivity contribution is 7.07. The number of fused-ring (bicyclic) bond motifs is 1. The van der Waals surface area contributed by atoms with E-state index < -0.39 is 6.04 Å². The molecule has 1 N–H and O–H groups in total. The van der Waals surface area contributed by atoms with E-state index in [4.69, 9.17) is 14.5 Å². The summed E-state index contributed by atoms with van der Waals surface area (Å²) in [7, 11) is 1.57. The van der Waals surface area contributed by atoms with Gasteiger partial charge in [0.15, 0.2) is 4.80 Å². The molecule has 1 amide bonds. The highest BCUT2D eigenvalue weighted by Gasteiger charge is 2.32. The van der Waals surface area contributed by atoms with Crippen LogP contribution in [0.2, 0.25) is 0 Å². The number of ether oxygens (including phenoxy) is 2. The average Bonchev–Trinajstić information content (AvgIpc) is 3.34. The summed E-state index contributed by atoms with van der Waals surface area (Å²) in [5, 5.41) is 2.96. The number of carbonyl (C=O) groups excluding carboxylic acids is 1. The summed E-state index contributed by atoms with van der Waals surface area (Å²) in [6, 6.07) is 29.3. The van der Waals surface area contributed by atoms with E-state index in [1.807, 2.05) is 66.7 Å². The minimum atomic E-state index is -0.739. The third kappa shape index (κ3) is 5.95. The Labute approximate surface area is 256 Å². The molecular weight excluding hydrogens is 577 g/mol. The van der Waals surface area contributed by atoms with Gasteiger partial charge in [-0.15, -0.1) is 0 Å². The molecule has 1 atom stereocenters. The lowest BCUT2D eigenvalue weighted by Crippen LogP contribution is -2.40. The van der Waals surface area contributed by atoms with Crippen LogP contribution in [-0.4, -0.2) is 17.6 Å². The number of nitrogens with zero attached hydrogens (tertiary/aromatic N) is 2. The summed E-state index contributed by atoms with van der Waals surface area (Å²) in [4.78, 5) is 33.1. The van der Waals surface area contributed by atoms with Gasteiger partial charge in [0.25, 0.3) is 11.5 Å². The molecule has 0 aliphatic carbocycles. The zero-order valence-electron chi connectivity index (χ0n) is 24.0. The largest absolute Gasteiger partial charge is 0.497 e. The molecule has 1 aliphatic rings. The van der Waals surface area contributed by atoms with Crippen LogP contribution in [0, 0.1) is 5.82 Å². The fourth-order valence-electron chi connectivity index (χ4n) is 5.07. The van der Waals surface area contributed by atoms with Crippen molar-refractivity contribution >= 4 is 29.0 Å². The summed E-state index contributed by atoms with van der Waals surface area (Å²) in [5.74, 6) is 0.521. The maximum Gasteiger partial charge on any atom is 0.271 e. The van der Waals surface area contributed by atoms with Crippen molar-refractivity contribution in [1.29, 1.82) is 0 Å². The molecule has 0 spiro atoms. The van der Waals surface area contributed by atoms with Crippen molar-refractivity contribution in [2.45, 2.75) is 19.6 Å². The van der Waals surface area contributed by atoms with Gasteiger partial charge in [0, 0.05) is 11.3 Å². The van der Waals surface area contributed by atoms with Gasteiger partial charge in [0.2, 0.25) is 0 Å². The van der Waals surface area contributed by atoms with Gasteiger partial charge < -0.3 is 14.8 Å². The molecule has 9 heteroatoms. The number of benzene rings is 4. The van der Waals surface area contributed by atoms with Crippen LogP contribution in [0.4, 0.5) is 10.1 Å². The number of carbonyl (C=O) groups is 1. The number of anilines is 1. The Morgan fingerprint density at radius 1 is 1.00 bits per heavy atom. The van der Waals surface area contributed by atoms with Gasteiger partial charge in [0.05, 0.1) is 29.0 Å². The minimum absolute atomic E-state index is 0.237. The van der Waals surface area contributed by atoms with E-state index in [2.05, 4.69) is 5.32 Å². The lowest BCUT2D eigenvalue weighted by molar-refractivity contribution is -0.113. The van der Waals surface area contributed by atoms with E-state index in [0.29, 0.717) is 48.9 Å². The highest BCUT2D eigenvalue weighted by atomic mass is 32.1. The molecule has 1 aliphatic heterocycles. The number of hydrogen-bond donors (Lipinski definition) is 1. The molecule has 7 nitrogen and oxygen atoms in total. The number of methoxy groups -OCH3 is 1. The van der Waals surface area contributed by atoms with E-state index in [-0.39, 0.29) is 23.9 Å². The number of aromatic nitrogens is 1. The second-order valence-corrected chi connectivity index (χ2v) is 11.1. The molecule has 1 aromatic heterocycles. The van der Waals surface area contributed by atoms with Crippen molar-refractivity contribution in [3.05, 3.63) is 157 Å². The number of allylic oxidation sites excluding steroid dienone is 1. The summed E-state index contributed by atoms with van der Waals surface area (Å²) in [6.07, 6.45) is 1.77. The topological polar surface area (TPSA) is 81.9 Å². The average molecular weight is 606 g/mol. The second-order valence-electron chi connectivity index (χ2n) is 10.1. The Balaban J connectivity index is 1.43. The summed E-state index contributed by atoms with van der Waals surface area (Å²) in [5.41, 5.74) is 3.47. The van der Waals surface area contributed by atoms with Crippen molar-refractivity contribution in [3.8, 4) is 11.5 Å². The van der Waals surface area contributed by atoms with Crippen molar-refractivity contribution < 1.29 is 18.7 Å². The first kappa shape index (κ1) is 28.8. The summed E-state index contributed by atoms with van der Waals surface area (Å²) >= 11 is 1.25. The Bertz CT molecular complexity index is 2050. The van der Waals surface area contributed by atoms with Crippen LogP contribution in [0.1, 0.15) is 29.7 Å².